The highest BCUT2D eigenvalue weighted by molar-refractivity contribution is 7.15. The molecule has 0 spiro atoms. The molecule has 6 heteroatoms. The Morgan fingerprint density at radius 2 is 2.24 bits per heavy atom. The summed E-state index contributed by atoms with van der Waals surface area (Å²) < 4.78 is 6.06. The predicted octanol–water partition coefficient (Wildman–Crippen LogP) is 4.02. The molecule has 3 aromatic rings. The number of benzene rings is 1. The highest BCUT2D eigenvalue weighted by atomic mass is 35.5. The Morgan fingerprint density at radius 1 is 1.29 bits per heavy atom. The average Bonchev–Trinajstić information content (AvgIpc) is 2.94. The third-order valence-electron chi connectivity index (χ3n) is 2.33. The molecule has 86 valence electrons. The molecule has 0 bridgehead atoms. The summed E-state index contributed by atoms with van der Waals surface area (Å²) >= 11 is 8.82. The van der Waals surface area contributed by atoms with E-state index in [-0.39, 0.29) is 0 Å². The van der Waals surface area contributed by atoms with Gasteiger partial charge in [0.1, 0.15) is 9.34 Å². The molecule has 0 aliphatic rings. The third kappa shape index (κ3) is 2.41. The van der Waals surface area contributed by atoms with Crippen LogP contribution in [0.15, 0.2) is 30.6 Å². The molecular weight excluding hydrogens is 274 g/mol. The number of fused-ring (bicyclic) bond motifs is 1. The van der Waals surface area contributed by atoms with Crippen molar-refractivity contribution in [2.75, 3.05) is 5.32 Å². The van der Waals surface area contributed by atoms with Gasteiger partial charge in [-0.3, -0.25) is 0 Å². The third-order valence-corrected chi connectivity index (χ3v) is 4.20. The lowest BCUT2D eigenvalue weighted by Crippen LogP contribution is -1.97. The van der Waals surface area contributed by atoms with E-state index < -0.39 is 0 Å². The number of nitrogens with one attached hydrogen (secondary N) is 1. The van der Waals surface area contributed by atoms with E-state index in [1.807, 2.05) is 12.3 Å². The van der Waals surface area contributed by atoms with E-state index in [4.69, 9.17) is 11.6 Å². The van der Waals surface area contributed by atoms with Crippen molar-refractivity contribution in [3.63, 3.8) is 0 Å². The van der Waals surface area contributed by atoms with Crippen LogP contribution in [0.4, 0.5) is 5.69 Å². The summed E-state index contributed by atoms with van der Waals surface area (Å²) in [6, 6.07) is 6.21. The maximum absolute atomic E-state index is 5.83. The van der Waals surface area contributed by atoms with Crippen molar-refractivity contribution in [1.82, 2.24) is 9.36 Å². The molecule has 0 aliphatic heterocycles. The molecule has 1 aromatic carbocycles. The quantitative estimate of drug-likeness (QED) is 0.788. The van der Waals surface area contributed by atoms with Gasteiger partial charge in [-0.15, -0.1) is 11.3 Å². The Bertz CT molecular complexity index is 647. The SMILES string of the molecule is Clc1cnc(CNc2ccc3cnsc3c2)s1. The van der Waals surface area contributed by atoms with Crippen LogP contribution in [0.3, 0.4) is 0 Å². The van der Waals surface area contributed by atoms with Crippen LogP contribution in [0.1, 0.15) is 5.01 Å². The summed E-state index contributed by atoms with van der Waals surface area (Å²) in [5.74, 6) is 0. The molecule has 0 aliphatic carbocycles. The van der Waals surface area contributed by atoms with Gasteiger partial charge in [-0.05, 0) is 29.7 Å². The fraction of sp³-hybridized carbons (Fsp3) is 0.0909. The molecular formula is C11H8ClN3S2. The van der Waals surface area contributed by atoms with Crippen molar-refractivity contribution in [2.45, 2.75) is 6.54 Å². The highest BCUT2D eigenvalue weighted by Gasteiger charge is 2.01. The minimum Gasteiger partial charge on any atom is -0.378 e. The maximum Gasteiger partial charge on any atom is 0.113 e. The second-order valence-electron chi connectivity index (χ2n) is 3.49. The summed E-state index contributed by atoms with van der Waals surface area (Å²) in [7, 11) is 0. The molecule has 0 amide bonds. The van der Waals surface area contributed by atoms with Crippen molar-refractivity contribution >= 4 is 50.2 Å². The number of anilines is 1. The van der Waals surface area contributed by atoms with E-state index in [0.29, 0.717) is 6.54 Å². The molecule has 3 nitrogen and oxygen atoms in total. The van der Waals surface area contributed by atoms with E-state index in [1.165, 1.54) is 33.0 Å². The van der Waals surface area contributed by atoms with Crippen LogP contribution in [-0.4, -0.2) is 9.36 Å². The number of hydrogen-bond acceptors (Lipinski definition) is 5. The molecule has 0 unspecified atom stereocenters. The first-order chi connectivity index (χ1) is 8.31. The minimum absolute atomic E-state index is 0.696. The topological polar surface area (TPSA) is 37.8 Å². The normalized spacial score (nSPS) is 10.9. The largest absolute Gasteiger partial charge is 0.378 e. The van der Waals surface area contributed by atoms with Gasteiger partial charge in [-0.1, -0.05) is 11.6 Å². The van der Waals surface area contributed by atoms with Crippen molar-refractivity contribution in [2.24, 2.45) is 0 Å². The van der Waals surface area contributed by atoms with Crippen LogP contribution in [0.5, 0.6) is 0 Å². The van der Waals surface area contributed by atoms with Gasteiger partial charge in [0.2, 0.25) is 0 Å². The van der Waals surface area contributed by atoms with E-state index in [2.05, 4.69) is 26.8 Å². The fourth-order valence-electron chi connectivity index (χ4n) is 1.52. The van der Waals surface area contributed by atoms with Gasteiger partial charge < -0.3 is 5.32 Å². The van der Waals surface area contributed by atoms with Gasteiger partial charge in [0.15, 0.2) is 0 Å². The van der Waals surface area contributed by atoms with Crippen LogP contribution in [0.2, 0.25) is 4.34 Å². The Balaban J connectivity index is 1.76. The summed E-state index contributed by atoms with van der Waals surface area (Å²) in [6.45, 7) is 0.696. The standard InChI is InChI=1S/C11H8ClN3S2/c12-10-5-14-11(16-10)6-13-8-2-1-7-4-15-17-9(7)3-8/h1-5,13H,6H2. The van der Waals surface area contributed by atoms with Gasteiger partial charge in [-0.2, -0.15) is 4.37 Å². The average molecular weight is 282 g/mol. The Labute approximate surface area is 111 Å². The van der Waals surface area contributed by atoms with Gasteiger partial charge >= 0.3 is 0 Å². The van der Waals surface area contributed by atoms with Crippen LogP contribution in [0, 0.1) is 0 Å². The van der Waals surface area contributed by atoms with Crippen molar-refractivity contribution < 1.29 is 0 Å². The van der Waals surface area contributed by atoms with E-state index in [1.54, 1.807) is 6.20 Å². The number of hydrogen-bond donors (Lipinski definition) is 1. The smallest absolute Gasteiger partial charge is 0.113 e. The lowest BCUT2D eigenvalue weighted by Gasteiger charge is -2.03. The summed E-state index contributed by atoms with van der Waals surface area (Å²) in [5, 5.41) is 5.49. The van der Waals surface area contributed by atoms with Gasteiger partial charge in [0.25, 0.3) is 0 Å². The van der Waals surface area contributed by atoms with E-state index in [0.717, 1.165) is 15.0 Å². The van der Waals surface area contributed by atoms with Crippen LogP contribution in [0.25, 0.3) is 10.1 Å². The molecule has 3 rings (SSSR count). The van der Waals surface area contributed by atoms with Crippen LogP contribution >= 0.6 is 34.5 Å². The van der Waals surface area contributed by atoms with Crippen LogP contribution < -0.4 is 5.32 Å². The first-order valence-corrected chi connectivity index (χ1v) is 6.96. The zero-order valence-corrected chi connectivity index (χ0v) is 11.1. The van der Waals surface area contributed by atoms with Gasteiger partial charge in [-0.25, -0.2) is 4.98 Å². The molecule has 0 radical (unpaired) electrons. The zero-order valence-electron chi connectivity index (χ0n) is 8.68. The lowest BCUT2D eigenvalue weighted by atomic mass is 10.2. The van der Waals surface area contributed by atoms with E-state index in [9.17, 15) is 0 Å². The second kappa shape index (κ2) is 4.60. The minimum atomic E-state index is 0.696. The summed E-state index contributed by atoms with van der Waals surface area (Å²) in [5.41, 5.74) is 1.08. The molecule has 2 aromatic heterocycles. The van der Waals surface area contributed by atoms with Crippen molar-refractivity contribution in [3.8, 4) is 0 Å². The number of nitrogens with zero attached hydrogens (tertiary/aromatic N) is 2. The monoisotopic (exact) mass is 281 g/mol. The molecule has 0 saturated carbocycles. The highest BCUT2D eigenvalue weighted by Crippen LogP contribution is 2.23. The molecule has 0 saturated heterocycles. The Morgan fingerprint density at radius 3 is 3.06 bits per heavy atom. The first-order valence-electron chi connectivity index (χ1n) is 5.00. The predicted molar refractivity (Wildman–Crippen MR) is 74.1 cm³/mol. The van der Waals surface area contributed by atoms with Crippen molar-refractivity contribution in [3.05, 3.63) is 39.9 Å². The summed E-state index contributed by atoms with van der Waals surface area (Å²) in [6.07, 6.45) is 3.56. The maximum atomic E-state index is 5.83. The Kier molecular flexibility index (Phi) is 2.96. The molecule has 2 heterocycles. The number of rotatable bonds is 3. The Hall–Kier alpha value is -1.17. The lowest BCUT2D eigenvalue weighted by molar-refractivity contribution is 1.10. The number of halogens is 1. The number of thiazole rings is 1. The molecule has 1 N–H and O–H groups in total. The molecule has 0 fully saturated rings. The van der Waals surface area contributed by atoms with Gasteiger partial charge in [0, 0.05) is 17.3 Å². The van der Waals surface area contributed by atoms with Crippen molar-refractivity contribution in [1.29, 1.82) is 0 Å². The molecule has 17 heavy (non-hydrogen) atoms. The van der Waals surface area contributed by atoms with E-state index >= 15 is 0 Å². The zero-order chi connectivity index (χ0) is 11.7. The molecule has 0 atom stereocenters. The summed E-state index contributed by atoms with van der Waals surface area (Å²) in [4.78, 5) is 4.20. The fourth-order valence-corrected chi connectivity index (χ4v) is 3.10. The van der Waals surface area contributed by atoms with Crippen LogP contribution in [-0.2, 0) is 6.54 Å². The first kappa shape index (κ1) is 11.0. The second-order valence-corrected chi connectivity index (χ2v) is 6.07. The van der Waals surface area contributed by atoms with Gasteiger partial charge in [0.05, 0.1) is 17.4 Å². The number of aromatic nitrogens is 2.